The molecule has 0 fully saturated rings. The molecule has 1 aromatic rings. The lowest BCUT2D eigenvalue weighted by atomic mass is 10.2. The van der Waals surface area contributed by atoms with Gasteiger partial charge in [-0.25, -0.2) is 0 Å². The standard InChI is InChI=1S/C12H19N3O2/c1-9-7-10(11(17-2)8-15-9)14-6-4-3-5-12(13)16/h7-8H,3-6H2,1-2H3,(H2,13,16)(H,14,15). The Morgan fingerprint density at radius 1 is 1.53 bits per heavy atom. The number of pyridine rings is 1. The van der Waals surface area contributed by atoms with E-state index in [9.17, 15) is 4.79 Å². The molecular formula is C12H19N3O2. The SMILES string of the molecule is COc1cnc(C)cc1NCCCCC(N)=O. The van der Waals surface area contributed by atoms with E-state index < -0.39 is 0 Å². The zero-order valence-electron chi connectivity index (χ0n) is 10.3. The summed E-state index contributed by atoms with van der Waals surface area (Å²) in [6.07, 6.45) is 3.83. The van der Waals surface area contributed by atoms with Crippen LogP contribution in [0, 0.1) is 6.92 Å². The van der Waals surface area contributed by atoms with Gasteiger partial charge in [0.05, 0.1) is 19.0 Å². The van der Waals surface area contributed by atoms with Crippen molar-refractivity contribution in [2.24, 2.45) is 5.73 Å². The highest BCUT2D eigenvalue weighted by Gasteiger charge is 2.03. The van der Waals surface area contributed by atoms with Crippen LogP contribution in [0.2, 0.25) is 0 Å². The Morgan fingerprint density at radius 3 is 2.94 bits per heavy atom. The average molecular weight is 237 g/mol. The van der Waals surface area contributed by atoms with Gasteiger partial charge in [-0.15, -0.1) is 0 Å². The molecule has 94 valence electrons. The van der Waals surface area contributed by atoms with E-state index in [4.69, 9.17) is 10.5 Å². The summed E-state index contributed by atoms with van der Waals surface area (Å²) < 4.78 is 5.20. The number of nitrogens with one attached hydrogen (secondary N) is 1. The number of hydrogen-bond acceptors (Lipinski definition) is 4. The Hall–Kier alpha value is -1.78. The predicted octanol–water partition coefficient (Wildman–Crippen LogP) is 1.47. The summed E-state index contributed by atoms with van der Waals surface area (Å²) >= 11 is 0. The van der Waals surface area contributed by atoms with E-state index >= 15 is 0 Å². The van der Waals surface area contributed by atoms with Gasteiger partial charge in [0.25, 0.3) is 0 Å². The first kappa shape index (κ1) is 13.3. The van der Waals surface area contributed by atoms with E-state index in [0.29, 0.717) is 6.42 Å². The Morgan fingerprint density at radius 2 is 2.29 bits per heavy atom. The van der Waals surface area contributed by atoms with Crippen LogP contribution < -0.4 is 15.8 Å². The Balaban J connectivity index is 2.40. The summed E-state index contributed by atoms with van der Waals surface area (Å²) in [5, 5.41) is 3.26. The molecule has 0 atom stereocenters. The van der Waals surface area contributed by atoms with Crippen molar-refractivity contribution in [2.75, 3.05) is 19.0 Å². The van der Waals surface area contributed by atoms with Crippen molar-refractivity contribution >= 4 is 11.6 Å². The van der Waals surface area contributed by atoms with E-state index in [1.165, 1.54) is 0 Å². The number of carbonyl (C=O) groups is 1. The molecule has 1 aromatic heterocycles. The lowest BCUT2D eigenvalue weighted by molar-refractivity contribution is -0.118. The quantitative estimate of drug-likeness (QED) is 0.704. The molecule has 1 amide bonds. The van der Waals surface area contributed by atoms with Crippen molar-refractivity contribution in [3.63, 3.8) is 0 Å². The number of rotatable bonds is 7. The number of hydrogen-bond donors (Lipinski definition) is 2. The molecule has 5 nitrogen and oxygen atoms in total. The second-order valence-corrected chi connectivity index (χ2v) is 3.88. The third-order valence-electron chi connectivity index (χ3n) is 2.39. The highest BCUT2D eigenvalue weighted by atomic mass is 16.5. The third kappa shape index (κ3) is 4.72. The highest BCUT2D eigenvalue weighted by Crippen LogP contribution is 2.23. The van der Waals surface area contributed by atoms with Gasteiger partial charge in [-0.05, 0) is 25.8 Å². The summed E-state index contributed by atoms with van der Waals surface area (Å²) in [6.45, 7) is 2.71. The molecular weight excluding hydrogens is 218 g/mol. The van der Waals surface area contributed by atoms with Gasteiger partial charge in [-0.3, -0.25) is 9.78 Å². The normalized spacial score (nSPS) is 10.0. The maximum absolute atomic E-state index is 10.6. The monoisotopic (exact) mass is 237 g/mol. The molecule has 0 radical (unpaired) electrons. The number of amides is 1. The molecule has 1 rings (SSSR count). The predicted molar refractivity (Wildman–Crippen MR) is 67.1 cm³/mol. The Bertz CT molecular complexity index is 380. The molecule has 0 saturated heterocycles. The smallest absolute Gasteiger partial charge is 0.217 e. The summed E-state index contributed by atoms with van der Waals surface area (Å²) in [6, 6.07) is 1.94. The fraction of sp³-hybridized carbons (Fsp3) is 0.500. The third-order valence-corrected chi connectivity index (χ3v) is 2.39. The van der Waals surface area contributed by atoms with Gasteiger partial charge in [0.1, 0.15) is 0 Å². The number of anilines is 1. The van der Waals surface area contributed by atoms with Crippen molar-refractivity contribution in [3.8, 4) is 5.75 Å². The number of nitrogens with zero attached hydrogens (tertiary/aromatic N) is 1. The van der Waals surface area contributed by atoms with E-state index in [-0.39, 0.29) is 5.91 Å². The molecule has 5 heteroatoms. The average Bonchev–Trinajstić information content (AvgIpc) is 2.28. The van der Waals surface area contributed by atoms with E-state index in [0.717, 1.165) is 36.5 Å². The van der Waals surface area contributed by atoms with Gasteiger partial charge in [-0.1, -0.05) is 0 Å². The van der Waals surface area contributed by atoms with Gasteiger partial charge in [0.2, 0.25) is 5.91 Å². The largest absolute Gasteiger partial charge is 0.493 e. The van der Waals surface area contributed by atoms with E-state index in [1.807, 2.05) is 13.0 Å². The molecule has 0 aromatic carbocycles. The van der Waals surface area contributed by atoms with Crippen LogP contribution in [0.3, 0.4) is 0 Å². The van der Waals surface area contributed by atoms with Gasteiger partial charge >= 0.3 is 0 Å². The number of methoxy groups -OCH3 is 1. The van der Waals surface area contributed by atoms with Gasteiger partial charge in [-0.2, -0.15) is 0 Å². The van der Waals surface area contributed by atoms with E-state index in [2.05, 4.69) is 10.3 Å². The first-order valence-corrected chi connectivity index (χ1v) is 5.66. The van der Waals surface area contributed by atoms with Gasteiger partial charge in [0, 0.05) is 18.7 Å². The zero-order chi connectivity index (χ0) is 12.7. The van der Waals surface area contributed by atoms with E-state index in [1.54, 1.807) is 13.3 Å². The van der Waals surface area contributed by atoms with Crippen LogP contribution in [-0.4, -0.2) is 24.5 Å². The zero-order valence-corrected chi connectivity index (χ0v) is 10.3. The number of carbonyl (C=O) groups excluding carboxylic acids is 1. The number of unbranched alkanes of at least 4 members (excludes halogenated alkanes) is 1. The topological polar surface area (TPSA) is 77.2 Å². The van der Waals surface area contributed by atoms with Crippen LogP contribution >= 0.6 is 0 Å². The summed E-state index contributed by atoms with van der Waals surface area (Å²) in [5.74, 6) is 0.479. The number of ether oxygens (including phenoxy) is 1. The molecule has 0 aliphatic heterocycles. The first-order chi connectivity index (χ1) is 8.13. The number of nitrogens with two attached hydrogens (primary N) is 1. The molecule has 0 aliphatic rings. The van der Waals surface area contributed by atoms with Crippen LogP contribution in [0.5, 0.6) is 5.75 Å². The minimum Gasteiger partial charge on any atom is -0.493 e. The molecule has 1 heterocycles. The fourth-order valence-corrected chi connectivity index (χ4v) is 1.50. The molecule has 0 aliphatic carbocycles. The molecule has 0 unspecified atom stereocenters. The van der Waals surface area contributed by atoms with Gasteiger partial charge in [0.15, 0.2) is 5.75 Å². The number of aryl methyl sites for hydroxylation is 1. The van der Waals surface area contributed by atoms with Crippen LogP contribution in [0.1, 0.15) is 25.0 Å². The van der Waals surface area contributed by atoms with Crippen molar-refractivity contribution in [1.82, 2.24) is 4.98 Å². The molecule has 0 bridgehead atoms. The van der Waals surface area contributed by atoms with Crippen molar-refractivity contribution in [3.05, 3.63) is 18.0 Å². The maximum atomic E-state index is 10.6. The second kappa shape index (κ2) is 6.73. The Kier molecular flexibility index (Phi) is 5.26. The van der Waals surface area contributed by atoms with Crippen molar-refractivity contribution in [1.29, 1.82) is 0 Å². The van der Waals surface area contributed by atoms with Gasteiger partial charge < -0.3 is 15.8 Å². The van der Waals surface area contributed by atoms with Crippen molar-refractivity contribution < 1.29 is 9.53 Å². The molecule has 3 N–H and O–H groups in total. The lowest BCUT2D eigenvalue weighted by Crippen LogP contribution is -2.11. The lowest BCUT2D eigenvalue weighted by Gasteiger charge is -2.11. The number of primary amides is 1. The van der Waals surface area contributed by atoms with Crippen LogP contribution in [-0.2, 0) is 4.79 Å². The molecule has 0 saturated carbocycles. The molecule has 0 spiro atoms. The second-order valence-electron chi connectivity index (χ2n) is 3.88. The Labute approximate surface area is 101 Å². The maximum Gasteiger partial charge on any atom is 0.217 e. The minimum absolute atomic E-state index is 0.248. The minimum atomic E-state index is -0.248. The van der Waals surface area contributed by atoms with Crippen LogP contribution in [0.4, 0.5) is 5.69 Å². The highest BCUT2D eigenvalue weighted by molar-refractivity contribution is 5.73. The summed E-state index contributed by atoms with van der Waals surface area (Å²) in [5.41, 5.74) is 6.93. The number of aromatic nitrogens is 1. The van der Waals surface area contributed by atoms with Crippen LogP contribution in [0.25, 0.3) is 0 Å². The molecule has 17 heavy (non-hydrogen) atoms. The van der Waals surface area contributed by atoms with Crippen molar-refractivity contribution in [2.45, 2.75) is 26.2 Å². The summed E-state index contributed by atoms with van der Waals surface area (Å²) in [7, 11) is 1.62. The fourth-order valence-electron chi connectivity index (χ4n) is 1.50. The van der Waals surface area contributed by atoms with Crippen LogP contribution in [0.15, 0.2) is 12.3 Å². The summed E-state index contributed by atoms with van der Waals surface area (Å²) in [4.78, 5) is 14.7. The first-order valence-electron chi connectivity index (χ1n) is 5.66.